The summed E-state index contributed by atoms with van der Waals surface area (Å²) in [6.45, 7) is 3.85. The standard InChI is InChI=1S/C11H14N4OS/c1-7-8(2)16-11(14-7)17-6-9-3-4-10(15-12)13-5-9/h3-5H,6,12H2,1-2H3,(H,13,15). The number of anilines is 1. The second-order valence-corrected chi connectivity index (χ2v) is 4.53. The third kappa shape index (κ3) is 2.98. The van der Waals surface area contributed by atoms with E-state index in [9.17, 15) is 0 Å². The number of nitrogens with two attached hydrogens (primary N) is 1. The molecule has 6 heteroatoms. The van der Waals surface area contributed by atoms with Crippen molar-refractivity contribution in [2.45, 2.75) is 24.8 Å². The van der Waals surface area contributed by atoms with Gasteiger partial charge in [0.2, 0.25) is 0 Å². The van der Waals surface area contributed by atoms with Crippen molar-refractivity contribution in [3.05, 3.63) is 35.3 Å². The molecule has 0 saturated carbocycles. The third-order valence-corrected chi connectivity index (χ3v) is 3.24. The van der Waals surface area contributed by atoms with Gasteiger partial charge in [-0.3, -0.25) is 0 Å². The molecule has 2 heterocycles. The van der Waals surface area contributed by atoms with Crippen molar-refractivity contribution < 1.29 is 4.42 Å². The summed E-state index contributed by atoms with van der Waals surface area (Å²) in [7, 11) is 0. The van der Waals surface area contributed by atoms with Gasteiger partial charge in [-0.2, -0.15) is 0 Å². The lowest BCUT2D eigenvalue weighted by Crippen LogP contribution is -2.08. The number of rotatable bonds is 4. The Balaban J connectivity index is 1.97. The lowest BCUT2D eigenvalue weighted by molar-refractivity contribution is 0.431. The van der Waals surface area contributed by atoms with Gasteiger partial charge in [-0.05, 0) is 25.5 Å². The Hall–Kier alpha value is -1.53. The molecule has 0 unspecified atom stereocenters. The molecule has 3 N–H and O–H groups in total. The minimum absolute atomic E-state index is 0.654. The van der Waals surface area contributed by atoms with Gasteiger partial charge in [0.15, 0.2) is 0 Å². The Kier molecular flexibility index (Phi) is 3.65. The van der Waals surface area contributed by atoms with Crippen LogP contribution in [0, 0.1) is 13.8 Å². The number of nitrogens with one attached hydrogen (secondary N) is 1. The Morgan fingerprint density at radius 1 is 1.41 bits per heavy atom. The summed E-state index contributed by atoms with van der Waals surface area (Å²) in [5.74, 6) is 7.54. The van der Waals surface area contributed by atoms with Crippen molar-refractivity contribution in [2.24, 2.45) is 5.84 Å². The molecule has 0 aliphatic carbocycles. The summed E-state index contributed by atoms with van der Waals surface area (Å²) in [4.78, 5) is 8.43. The van der Waals surface area contributed by atoms with E-state index < -0.39 is 0 Å². The van der Waals surface area contributed by atoms with Crippen LogP contribution in [-0.4, -0.2) is 9.97 Å². The summed E-state index contributed by atoms with van der Waals surface area (Å²) in [6, 6.07) is 3.81. The molecule has 5 nitrogen and oxygen atoms in total. The number of hydrogen-bond donors (Lipinski definition) is 2. The lowest BCUT2D eigenvalue weighted by Gasteiger charge is -2.00. The van der Waals surface area contributed by atoms with Gasteiger partial charge in [-0.1, -0.05) is 17.8 Å². The molecule has 0 amide bonds. The average molecular weight is 250 g/mol. The molecular weight excluding hydrogens is 236 g/mol. The third-order valence-electron chi connectivity index (χ3n) is 2.34. The Labute approximate surface area is 104 Å². The van der Waals surface area contributed by atoms with Gasteiger partial charge in [0.25, 0.3) is 5.22 Å². The number of thioether (sulfide) groups is 1. The number of nitrogens with zero attached hydrogens (tertiary/aromatic N) is 2. The number of hydrazine groups is 1. The highest BCUT2D eigenvalue weighted by atomic mass is 32.2. The fourth-order valence-electron chi connectivity index (χ4n) is 1.25. The molecule has 0 saturated heterocycles. The Morgan fingerprint density at radius 2 is 2.24 bits per heavy atom. The van der Waals surface area contributed by atoms with Crippen LogP contribution >= 0.6 is 11.8 Å². The monoisotopic (exact) mass is 250 g/mol. The second-order valence-electron chi connectivity index (χ2n) is 3.61. The lowest BCUT2D eigenvalue weighted by atomic mass is 10.3. The Bertz CT molecular complexity index is 475. The molecule has 0 fully saturated rings. The summed E-state index contributed by atoms with van der Waals surface area (Å²) >= 11 is 1.55. The highest BCUT2D eigenvalue weighted by Gasteiger charge is 2.06. The van der Waals surface area contributed by atoms with Crippen LogP contribution in [0.15, 0.2) is 28.0 Å². The first-order valence-corrected chi connectivity index (χ1v) is 6.16. The number of aryl methyl sites for hydroxylation is 2. The number of hydrogen-bond acceptors (Lipinski definition) is 6. The molecule has 2 aromatic heterocycles. The summed E-state index contributed by atoms with van der Waals surface area (Å²) in [6.07, 6.45) is 1.78. The molecule has 0 spiro atoms. The molecule has 0 radical (unpaired) electrons. The zero-order chi connectivity index (χ0) is 12.3. The first-order chi connectivity index (χ1) is 8.19. The van der Waals surface area contributed by atoms with E-state index in [-0.39, 0.29) is 0 Å². The summed E-state index contributed by atoms with van der Waals surface area (Å²) in [5, 5.41) is 0.695. The van der Waals surface area contributed by atoms with Crippen molar-refractivity contribution in [2.75, 3.05) is 5.43 Å². The molecular formula is C11H14N4OS. The normalized spacial score (nSPS) is 10.5. The van der Waals surface area contributed by atoms with Crippen molar-refractivity contribution >= 4 is 17.6 Å². The summed E-state index contributed by atoms with van der Waals surface area (Å²) in [5.41, 5.74) is 4.53. The predicted molar refractivity (Wildman–Crippen MR) is 67.6 cm³/mol. The molecule has 0 bridgehead atoms. The van der Waals surface area contributed by atoms with E-state index in [2.05, 4.69) is 15.4 Å². The van der Waals surface area contributed by atoms with Crippen molar-refractivity contribution in [3.8, 4) is 0 Å². The number of aromatic nitrogens is 2. The van der Waals surface area contributed by atoms with E-state index >= 15 is 0 Å². The fraction of sp³-hybridized carbons (Fsp3) is 0.273. The first-order valence-electron chi connectivity index (χ1n) is 5.17. The van der Waals surface area contributed by atoms with Crippen LogP contribution in [0.25, 0.3) is 0 Å². The van der Waals surface area contributed by atoms with Gasteiger partial charge in [-0.25, -0.2) is 15.8 Å². The zero-order valence-electron chi connectivity index (χ0n) is 9.73. The first kappa shape index (κ1) is 11.9. The highest BCUT2D eigenvalue weighted by Crippen LogP contribution is 2.23. The Morgan fingerprint density at radius 3 is 2.76 bits per heavy atom. The maximum absolute atomic E-state index is 5.48. The molecule has 90 valence electrons. The number of nitrogen functional groups attached to an aromatic ring is 1. The second kappa shape index (κ2) is 5.20. The maximum atomic E-state index is 5.48. The molecule has 2 rings (SSSR count). The van der Waals surface area contributed by atoms with E-state index in [1.807, 2.05) is 26.0 Å². The molecule has 17 heavy (non-hydrogen) atoms. The SMILES string of the molecule is Cc1nc(SCc2ccc(NN)nc2)oc1C. The van der Waals surface area contributed by atoms with Crippen molar-refractivity contribution in [3.63, 3.8) is 0 Å². The number of oxazole rings is 1. The van der Waals surface area contributed by atoms with Crippen LogP contribution in [0.2, 0.25) is 0 Å². The van der Waals surface area contributed by atoms with E-state index in [1.165, 1.54) is 0 Å². The average Bonchev–Trinajstić information content (AvgIpc) is 2.67. The fourth-order valence-corrected chi connectivity index (χ4v) is 2.09. The molecule has 0 atom stereocenters. The van der Waals surface area contributed by atoms with Gasteiger partial charge >= 0.3 is 0 Å². The largest absolute Gasteiger partial charge is 0.437 e. The van der Waals surface area contributed by atoms with Gasteiger partial charge in [0.05, 0.1) is 5.69 Å². The van der Waals surface area contributed by atoms with Crippen LogP contribution in [0.4, 0.5) is 5.82 Å². The smallest absolute Gasteiger partial charge is 0.256 e. The number of pyridine rings is 1. The minimum Gasteiger partial charge on any atom is -0.437 e. The topological polar surface area (TPSA) is 77.0 Å². The van der Waals surface area contributed by atoms with Gasteiger partial charge < -0.3 is 9.84 Å². The van der Waals surface area contributed by atoms with Gasteiger partial charge in [-0.15, -0.1) is 0 Å². The van der Waals surface area contributed by atoms with Crippen LogP contribution < -0.4 is 11.3 Å². The van der Waals surface area contributed by atoms with Crippen molar-refractivity contribution in [1.29, 1.82) is 0 Å². The zero-order valence-corrected chi connectivity index (χ0v) is 10.5. The molecule has 2 aromatic rings. The molecule has 0 aromatic carbocycles. The quantitative estimate of drug-likeness (QED) is 0.492. The highest BCUT2D eigenvalue weighted by molar-refractivity contribution is 7.98. The van der Waals surface area contributed by atoms with Crippen molar-refractivity contribution in [1.82, 2.24) is 9.97 Å². The molecule has 0 aliphatic rings. The molecule has 0 aliphatic heterocycles. The minimum atomic E-state index is 0.654. The van der Waals surface area contributed by atoms with Crippen LogP contribution in [0.3, 0.4) is 0 Å². The van der Waals surface area contributed by atoms with Crippen LogP contribution in [-0.2, 0) is 5.75 Å². The van der Waals surface area contributed by atoms with Gasteiger partial charge in [0.1, 0.15) is 11.6 Å². The predicted octanol–water partition coefficient (Wildman–Crippen LogP) is 2.26. The van der Waals surface area contributed by atoms with Crippen LogP contribution in [0.5, 0.6) is 0 Å². The van der Waals surface area contributed by atoms with E-state index in [1.54, 1.807) is 18.0 Å². The van der Waals surface area contributed by atoms with E-state index in [0.29, 0.717) is 11.0 Å². The van der Waals surface area contributed by atoms with E-state index in [4.69, 9.17) is 10.3 Å². The summed E-state index contributed by atoms with van der Waals surface area (Å²) < 4.78 is 5.48. The maximum Gasteiger partial charge on any atom is 0.256 e. The van der Waals surface area contributed by atoms with Gasteiger partial charge in [0, 0.05) is 11.9 Å². The van der Waals surface area contributed by atoms with E-state index in [0.717, 1.165) is 22.8 Å². The van der Waals surface area contributed by atoms with Crippen LogP contribution in [0.1, 0.15) is 17.0 Å².